The number of nitrogens with two attached hydrogens (primary N) is 1. The minimum atomic E-state index is -0.128. The van der Waals surface area contributed by atoms with Gasteiger partial charge in [-0.15, -0.1) is 0 Å². The highest BCUT2D eigenvalue weighted by atomic mass is 79.9. The summed E-state index contributed by atoms with van der Waals surface area (Å²) in [7, 11) is 0. The number of anilines is 1. The molecule has 1 atom stereocenters. The third-order valence-electron chi connectivity index (χ3n) is 3.20. The Morgan fingerprint density at radius 2 is 2.00 bits per heavy atom. The van der Waals surface area contributed by atoms with E-state index >= 15 is 0 Å². The zero-order chi connectivity index (χ0) is 15.2. The monoisotopic (exact) mass is 347 g/mol. The van der Waals surface area contributed by atoms with E-state index in [-0.39, 0.29) is 11.9 Å². The molecule has 1 amide bonds. The van der Waals surface area contributed by atoms with Gasteiger partial charge in [0.05, 0.1) is 5.69 Å². The number of hydrogen-bond acceptors (Lipinski definition) is 3. The van der Waals surface area contributed by atoms with Crippen molar-refractivity contribution in [3.8, 4) is 0 Å². The minimum absolute atomic E-state index is 0.0735. The number of nitrogens with one attached hydrogen (secondary N) is 1. The second kappa shape index (κ2) is 7.33. The third kappa shape index (κ3) is 4.65. The number of nitrogens with zero attached hydrogens (tertiary/aromatic N) is 1. The Morgan fingerprint density at radius 1 is 1.29 bits per heavy atom. The number of rotatable bonds is 5. The van der Waals surface area contributed by atoms with Gasteiger partial charge in [0.25, 0.3) is 0 Å². The molecule has 0 fully saturated rings. The van der Waals surface area contributed by atoms with Gasteiger partial charge in [-0.2, -0.15) is 0 Å². The van der Waals surface area contributed by atoms with Crippen LogP contribution in [-0.2, 0) is 4.79 Å². The van der Waals surface area contributed by atoms with E-state index in [1.165, 1.54) is 0 Å². The van der Waals surface area contributed by atoms with Crippen molar-refractivity contribution >= 4 is 27.7 Å². The molecule has 1 unspecified atom stereocenters. The maximum Gasteiger partial charge on any atom is 0.225 e. The van der Waals surface area contributed by atoms with Gasteiger partial charge < -0.3 is 11.1 Å². The Kier molecular flexibility index (Phi) is 5.47. The second-order valence-electron chi connectivity index (χ2n) is 4.87. The Hall–Kier alpha value is -1.72. The number of hydrogen-bond donors (Lipinski definition) is 2. The molecule has 0 aliphatic heterocycles. The van der Waals surface area contributed by atoms with Crippen LogP contribution in [0.25, 0.3) is 0 Å². The number of aromatic nitrogens is 1. The molecule has 0 saturated carbocycles. The summed E-state index contributed by atoms with van der Waals surface area (Å²) in [4.78, 5) is 16.2. The molecule has 3 N–H and O–H groups in total. The van der Waals surface area contributed by atoms with Crippen LogP contribution in [0.1, 0.15) is 30.1 Å². The molecule has 2 aromatic rings. The summed E-state index contributed by atoms with van der Waals surface area (Å²) < 4.78 is 0.923. The SMILES string of the molecule is Cc1nc(NC(=O)CCC(N)c2ccccc2)ccc1Br. The first-order chi connectivity index (χ1) is 10.1. The summed E-state index contributed by atoms with van der Waals surface area (Å²) in [6.45, 7) is 1.88. The molecule has 0 aliphatic carbocycles. The highest BCUT2D eigenvalue weighted by Gasteiger charge is 2.10. The van der Waals surface area contributed by atoms with Crippen LogP contribution in [0.2, 0.25) is 0 Å². The van der Waals surface area contributed by atoms with E-state index in [9.17, 15) is 4.79 Å². The first-order valence-corrected chi connectivity index (χ1v) is 7.59. The summed E-state index contributed by atoms with van der Waals surface area (Å²) in [5, 5.41) is 2.79. The predicted molar refractivity (Wildman–Crippen MR) is 87.9 cm³/mol. The van der Waals surface area contributed by atoms with Gasteiger partial charge in [0.2, 0.25) is 5.91 Å². The van der Waals surface area contributed by atoms with Gasteiger partial charge in [-0.1, -0.05) is 30.3 Å². The second-order valence-corrected chi connectivity index (χ2v) is 5.72. The summed E-state index contributed by atoms with van der Waals surface area (Å²) in [6.07, 6.45) is 0.970. The number of carbonyl (C=O) groups excluding carboxylic acids is 1. The molecule has 0 aliphatic rings. The molecular formula is C16H18BrN3O. The van der Waals surface area contributed by atoms with E-state index in [4.69, 9.17) is 5.73 Å². The quantitative estimate of drug-likeness (QED) is 0.868. The van der Waals surface area contributed by atoms with Crippen LogP contribution in [0.5, 0.6) is 0 Å². The Balaban J connectivity index is 1.86. The lowest BCUT2D eigenvalue weighted by Crippen LogP contribution is -2.17. The lowest BCUT2D eigenvalue weighted by Gasteiger charge is -2.12. The Labute approximate surface area is 132 Å². The maximum atomic E-state index is 11.9. The predicted octanol–water partition coefficient (Wildman–Crippen LogP) is 3.57. The zero-order valence-corrected chi connectivity index (χ0v) is 13.4. The molecule has 0 saturated heterocycles. The van der Waals surface area contributed by atoms with Crippen LogP contribution in [0, 0.1) is 6.92 Å². The van der Waals surface area contributed by atoms with E-state index in [0.29, 0.717) is 18.7 Å². The smallest absolute Gasteiger partial charge is 0.225 e. The first-order valence-electron chi connectivity index (χ1n) is 6.80. The molecule has 1 heterocycles. The average molecular weight is 348 g/mol. The van der Waals surface area contributed by atoms with E-state index < -0.39 is 0 Å². The Morgan fingerprint density at radius 3 is 2.67 bits per heavy atom. The summed E-state index contributed by atoms with van der Waals surface area (Å²) in [6, 6.07) is 13.3. The van der Waals surface area contributed by atoms with Crippen molar-refractivity contribution in [2.75, 3.05) is 5.32 Å². The van der Waals surface area contributed by atoms with Crippen molar-refractivity contribution in [1.29, 1.82) is 0 Å². The molecule has 1 aromatic carbocycles. The van der Waals surface area contributed by atoms with Gasteiger partial charge in [-0.3, -0.25) is 4.79 Å². The van der Waals surface area contributed by atoms with Gasteiger partial charge in [-0.25, -0.2) is 4.98 Å². The molecular weight excluding hydrogens is 330 g/mol. The van der Waals surface area contributed by atoms with E-state index in [2.05, 4.69) is 26.2 Å². The summed E-state index contributed by atoms with van der Waals surface area (Å²) in [5.74, 6) is 0.490. The van der Waals surface area contributed by atoms with E-state index in [1.807, 2.05) is 43.3 Å². The zero-order valence-electron chi connectivity index (χ0n) is 11.8. The number of benzene rings is 1. The molecule has 0 bridgehead atoms. The lowest BCUT2D eigenvalue weighted by molar-refractivity contribution is -0.116. The summed E-state index contributed by atoms with van der Waals surface area (Å²) in [5.41, 5.74) is 7.96. The van der Waals surface area contributed by atoms with E-state index in [1.54, 1.807) is 6.07 Å². The fourth-order valence-electron chi connectivity index (χ4n) is 1.97. The number of pyridine rings is 1. The normalized spacial score (nSPS) is 12.0. The summed E-state index contributed by atoms with van der Waals surface area (Å²) >= 11 is 3.38. The molecule has 0 spiro atoms. The Bertz CT molecular complexity index is 616. The number of halogens is 1. The van der Waals surface area contributed by atoms with Gasteiger partial charge >= 0.3 is 0 Å². The topological polar surface area (TPSA) is 68.0 Å². The molecule has 0 radical (unpaired) electrons. The lowest BCUT2D eigenvalue weighted by atomic mass is 10.0. The van der Waals surface area contributed by atoms with Gasteiger partial charge in [0.1, 0.15) is 5.82 Å². The highest BCUT2D eigenvalue weighted by molar-refractivity contribution is 9.10. The highest BCUT2D eigenvalue weighted by Crippen LogP contribution is 2.18. The molecule has 5 heteroatoms. The average Bonchev–Trinajstić information content (AvgIpc) is 2.49. The van der Waals surface area contributed by atoms with Crippen molar-refractivity contribution in [3.05, 3.63) is 58.2 Å². The van der Waals surface area contributed by atoms with Crippen LogP contribution >= 0.6 is 15.9 Å². The van der Waals surface area contributed by atoms with Crippen LogP contribution in [0.4, 0.5) is 5.82 Å². The van der Waals surface area contributed by atoms with Gasteiger partial charge in [-0.05, 0) is 47.0 Å². The first kappa shape index (κ1) is 15.7. The van der Waals surface area contributed by atoms with Crippen LogP contribution in [0.3, 0.4) is 0 Å². The van der Waals surface area contributed by atoms with Crippen molar-refractivity contribution in [2.45, 2.75) is 25.8 Å². The van der Waals surface area contributed by atoms with Crippen molar-refractivity contribution in [2.24, 2.45) is 5.73 Å². The van der Waals surface area contributed by atoms with Crippen molar-refractivity contribution in [3.63, 3.8) is 0 Å². The number of aryl methyl sites for hydroxylation is 1. The number of amides is 1. The van der Waals surface area contributed by atoms with Crippen molar-refractivity contribution < 1.29 is 4.79 Å². The van der Waals surface area contributed by atoms with Crippen LogP contribution in [-0.4, -0.2) is 10.9 Å². The van der Waals surface area contributed by atoms with Gasteiger partial charge in [0.15, 0.2) is 0 Å². The van der Waals surface area contributed by atoms with E-state index in [0.717, 1.165) is 15.7 Å². The van der Waals surface area contributed by atoms with Crippen LogP contribution in [0.15, 0.2) is 46.9 Å². The molecule has 110 valence electrons. The fraction of sp³-hybridized carbons (Fsp3) is 0.250. The number of carbonyl (C=O) groups is 1. The third-order valence-corrected chi connectivity index (χ3v) is 4.04. The minimum Gasteiger partial charge on any atom is -0.324 e. The van der Waals surface area contributed by atoms with Gasteiger partial charge in [0, 0.05) is 16.9 Å². The van der Waals surface area contributed by atoms with Crippen LogP contribution < -0.4 is 11.1 Å². The largest absolute Gasteiger partial charge is 0.324 e. The maximum absolute atomic E-state index is 11.9. The fourth-order valence-corrected chi connectivity index (χ4v) is 2.19. The standard InChI is InChI=1S/C16H18BrN3O/c1-11-13(17)7-9-15(19-11)20-16(21)10-8-14(18)12-5-3-2-4-6-12/h2-7,9,14H,8,10,18H2,1H3,(H,19,20,21). The molecule has 1 aromatic heterocycles. The molecule has 21 heavy (non-hydrogen) atoms. The molecule has 2 rings (SSSR count). The van der Waals surface area contributed by atoms with Crippen molar-refractivity contribution in [1.82, 2.24) is 4.98 Å². The molecule has 4 nitrogen and oxygen atoms in total.